The minimum Gasteiger partial charge on any atom is -0.457 e. The number of methoxy groups -OCH3 is 1. The van der Waals surface area contributed by atoms with Crippen molar-refractivity contribution >= 4 is 45.5 Å². The Labute approximate surface area is 284 Å². The van der Waals surface area contributed by atoms with Crippen molar-refractivity contribution in [2.75, 3.05) is 49.7 Å². The van der Waals surface area contributed by atoms with E-state index in [0.29, 0.717) is 35.5 Å². The molecule has 0 unspecified atom stereocenters. The van der Waals surface area contributed by atoms with Crippen LogP contribution in [0.4, 0.5) is 11.4 Å². The first-order valence-corrected chi connectivity index (χ1v) is 15.9. The second kappa shape index (κ2) is 15.7. The van der Waals surface area contributed by atoms with Crippen LogP contribution in [0.3, 0.4) is 0 Å². The molecule has 0 saturated carbocycles. The van der Waals surface area contributed by atoms with Crippen LogP contribution in [-0.4, -0.2) is 39.9 Å². The van der Waals surface area contributed by atoms with Crippen LogP contribution < -0.4 is 21.1 Å². The van der Waals surface area contributed by atoms with Crippen molar-refractivity contribution < 1.29 is 18.3 Å². The SMILES string of the molecule is [C-]#[N+]/C(C#N)=C1C=C(/C=C/c2cc3ccc(N(CC)CC)cc3oc2=O)OC(/C=C/c2cc3ccc(N(CC)CCOC)cc3oc2=O)=C/1. The maximum atomic E-state index is 13.0. The highest BCUT2D eigenvalue weighted by Gasteiger charge is 2.14. The average molecular weight is 657 g/mol. The van der Waals surface area contributed by atoms with E-state index >= 15 is 0 Å². The highest BCUT2D eigenvalue weighted by Crippen LogP contribution is 2.27. The molecule has 2 aromatic carbocycles. The highest BCUT2D eigenvalue weighted by molar-refractivity contribution is 5.83. The number of ether oxygens (including phenoxy) is 2. The fourth-order valence-electron chi connectivity index (χ4n) is 5.46. The first-order chi connectivity index (χ1) is 23.8. The van der Waals surface area contributed by atoms with Crippen molar-refractivity contribution in [1.29, 1.82) is 5.26 Å². The Morgan fingerprint density at radius 2 is 1.33 bits per heavy atom. The van der Waals surface area contributed by atoms with E-state index in [9.17, 15) is 14.9 Å². The van der Waals surface area contributed by atoms with Crippen LogP contribution in [0, 0.1) is 17.9 Å². The third-order valence-corrected chi connectivity index (χ3v) is 8.11. The molecule has 4 aromatic rings. The van der Waals surface area contributed by atoms with Gasteiger partial charge in [0.25, 0.3) is 5.70 Å². The highest BCUT2D eigenvalue weighted by atomic mass is 16.5. The zero-order chi connectivity index (χ0) is 34.9. The van der Waals surface area contributed by atoms with Crippen LogP contribution >= 0.6 is 0 Å². The summed E-state index contributed by atoms with van der Waals surface area (Å²) in [5.41, 5.74) is 2.56. The number of nitriles is 1. The minimum atomic E-state index is -0.533. The number of rotatable bonds is 12. The lowest BCUT2D eigenvalue weighted by Crippen LogP contribution is -2.26. The van der Waals surface area contributed by atoms with E-state index in [4.69, 9.17) is 24.9 Å². The molecule has 1 aliphatic heterocycles. The van der Waals surface area contributed by atoms with Crippen LogP contribution in [0.1, 0.15) is 31.9 Å². The van der Waals surface area contributed by atoms with Gasteiger partial charge in [-0.3, -0.25) is 0 Å². The van der Waals surface area contributed by atoms with Gasteiger partial charge in [0, 0.05) is 67.6 Å². The summed E-state index contributed by atoms with van der Waals surface area (Å²) in [4.78, 5) is 33.5. The fraction of sp³-hybridized carbons (Fsp3) is 0.231. The van der Waals surface area contributed by atoms with Crippen molar-refractivity contribution in [2.24, 2.45) is 0 Å². The van der Waals surface area contributed by atoms with Crippen LogP contribution in [0.2, 0.25) is 0 Å². The lowest BCUT2D eigenvalue weighted by molar-refractivity contribution is 0.205. The van der Waals surface area contributed by atoms with Crippen molar-refractivity contribution in [3.63, 3.8) is 0 Å². The zero-order valence-electron chi connectivity index (χ0n) is 27.9. The summed E-state index contributed by atoms with van der Waals surface area (Å²) < 4.78 is 22.5. The molecule has 0 N–H and O–H groups in total. The number of likely N-dealkylation sites (N-methyl/N-ethyl adjacent to an activating group) is 1. The monoisotopic (exact) mass is 656 g/mol. The van der Waals surface area contributed by atoms with Gasteiger partial charge in [-0.15, -0.1) is 0 Å². The van der Waals surface area contributed by atoms with E-state index < -0.39 is 11.3 Å². The van der Waals surface area contributed by atoms with Gasteiger partial charge in [0.2, 0.25) is 0 Å². The lowest BCUT2D eigenvalue weighted by Gasteiger charge is -2.22. The Bertz CT molecular complexity index is 2220. The van der Waals surface area contributed by atoms with Gasteiger partial charge in [-0.05, 0) is 99.2 Å². The van der Waals surface area contributed by atoms with Crippen molar-refractivity contribution in [3.8, 4) is 6.07 Å². The molecule has 0 aliphatic carbocycles. The summed E-state index contributed by atoms with van der Waals surface area (Å²) in [6.07, 6.45) is 9.32. The van der Waals surface area contributed by atoms with E-state index in [1.807, 2.05) is 49.4 Å². The molecule has 49 heavy (non-hydrogen) atoms. The van der Waals surface area contributed by atoms with Gasteiger partial charge >= 0.3 is 11.3 Å². The molecule has 0 amide bonds. The first-order valence-electron chi connectivity index (χ1n) is 15.9. The summed E-state index contributed by atoms with van der Waals surface area (Å²) in [6.45, 7) is 17.3. The van der Waals surface area contributed by atoms with Crippen LogP contribution in [0.25, 0.3) is 38.9 Å². The zero-order valence-corrected chi connectivity index (χ0v) is 27.9. The van der Waals surface area contributed by atoms with E-state index in [1.54, 1.807) is 43.5 Å². The van der Waals surface area contributed by atoms with Crippen molar-refractivity contribution in [3.05, 3.63) is 139 Å². The Kier molecular flexibility index (Phi) is 10.9. The summed E-state index contributed by atoms with van der Waals surface area (Å²) in [7, 11) is 1.66. The average Bonchev–Trinajstić information content (AvgIpc) is 3.11. The quantitative estimate of drug-likeness (QED) is 0.0872. The van der Waals surface area contributed by atoms with Crippen LogP contribution in [-0.2, 0) is 9.47 Å². The van der Waals surface area contributed by atoms with Crippen molar-refractivity contribution in [1.82, 2.24) is 0 Å². The summed E-state index contributed by atoms with van der Waals surface area (Å²) in [5.74, 6) is 0.548. The van der Waals surface area contributed by atoms with Gasteiger partial charge < -0.3 is 28.1 Å². The number of hydrogen-bond donors (Lipinski definition) is 0. The van der Waals surface area contributed by atoms with Crippen LogP contribution in [0.5, 0.6) is 0 Å². The molecular formula is C39H36N4O6. The molecule has 10 nitrogen and oxygen atoms in total. The number of fused-ring (bicyclic) bond motifs is 2. The number of anilines is 2. The topological polar surface area (TPSA) is 114 Å². The molecular weight excluding hydrogens is 620 g/mol. The smallest absolute Gasteiger partial charge is 0.343 e. The molecule has 0 radical (unpaired) electrons. The lowest BCUT2D eigenvalue weighted by atomic mass is 10.1. The standard InChI is InChI=1S/C39H36N4O6/c1-6-42(7-2)31-13-9-26-19-28(38(44)48-36(26)23-31)11-15-33-21-30(35(25-40)41-4)22-34(47-33)16-12-29-20-27-10-14-32(24-37(27)49-39(29)45)43(8-3)17-18-46-5/h9-16,19-24H,6-8,17-18H2,1-3,5H3/b15-11+,16-12+,35-30-. The van der Waals surface area contributed by atoms with Gasteiger partial charge in [0.1, 0.15) is 22.7 Å². The Morgan fingerprint density at radius 3 is 1.78 bits per heavy atom. The second-order valence-corrected chi connectivity index (χ2v) is 11.1. The van der Waals surface area contributed by atoms with Gasteiger partial charge in [-0.25, -0.2) is 19.7 Å². The number of allylic oxidation sites excluding steroid dienone is 6. The molecule has 10 heteroatoms. The second-order valence-electron chi connectivity index (χ2n) is 11.1. The predicted octanol–water partition coefficient (Wildman–Crippen LogP) is 7.44. The van der Waals surface area contributed by atoms with E-state index in [-0.39, 0.29) is 22.8 Å². The Hall–Kier alpha value is -6.10. The van der Waals surface area contributed by atoms with Gasteiger partial charge in [-0.1, -0.05) is 0 Å². The minimum absolute atomic E-state index is 0.137. The fourth-order valence-corrected chi connectivity index (χ4v) is 5.46. The maximum Gasteiger partial charge on any atom is 0.343 e. The third-order valence-electron chi connectivity index (χ3n) is 8.11. The molecule has 0 fully saturated rings. The molecule has 3 heterocycles. The first kappa shape index (κ1) is 34.2. The van der Waals surface area contributed by atoms with E-state index in [2.05, 4.69) is 28.5 Å². The Balaban J connectivity index is 1.42. The maximum absolute atomic E-state index is 13.0. The van der Waals surface area contributed by atoms with Crippen LogP contribution in [0.15, 0.2) is 114 Å². The van der Waals surface area contributed by atoms with Gasteiger partial charge in [0.15, 0.2) is 0 Å². The molecule has 0 spiro atoms. The molecule has 1 aliphatic rings. The summed E-state index contributed by atoms with van der Waals surface area (Å²) in [6, 6.07) is 16.8. The molecule has 2 aromatic heterocycles. The Morgan fingerprint density at radius 1 is 0.816 bits per heavy atom. The van der Waals surface area contributed by atoms with E-state index in [0.717, 1.165) is 41.8 Å². The number of benzene rings is 2. The van der Waals surface area contributed by atoms with Gasteiger partial charge in [0.05, 0.1) is 30.4 Å². The molecule has 5 rings (SSSR count). The molecule has 0 bridgehead atoms. The number of hydrogen-bond acceptors (Lipinski definition) is 9. The molecule has 0 atom stereocenters. The summed E-state index contributed by atoms with van der Waals surface area (Å²) >= 11 is 0. The molecule has 0 saturated heterocycles. The predicted molar refractivity (Wildman–Crippen MR) is 193 cm³/mol. The van der Waals surface area contributed by atoms with Crippen molar-refractivity contribution in [2.45, 2.75) is 20.8 Å². The molecule has 248 valence electrons. The van der Waals surface area contributed by atoms with Gasteiger partial charge in [-0.2, -0.15) is 0 Å². The largest absolute Gasteiger partial charge is 0.457 e. The summed E-state index contributed by atoms with van der Waals surface area (Å²) in [5, 5.41) is 11.1. The number of nitrogens with zero attached hydrogens (tertiary/aromatic N) is 4. The van der Waals surface area contributed by atoms with E-state index in [1.165, 1.54) is 12.2 Å². The normalized spacial score (nSPS) is 14.0. The third kappa shape index (κ3) is 7.90.